The van der Waals surface area contributed by atoms with Gasteiger partial charge in [-0.25, -0.2) is 9.97 Å². The van der Waals surface area contributed by atoms with Crippen LogP contribution >= 0.6 is 11.6 Å². The highest BCUT2D eigenvalue weighted by atomic mass is 35.5. The Balaban J connectivity index is 2.03. The van der Waals surface area contributed by atoms with E-state index in [0.29, 0.717) is 22.1 Å². The molecule has 0 saturated heterocycles. The van der Waals surface area contributed by atoms with E-state index in [1.54, 1.807) is 18.2 Å². The molecule has 2 aromatic carbocycles. The van der Waals surface area contributed by atoms with Gasteiger partial charge < -0.3 is 15.4 Å². The van der Waals surface area contributed by atoms with Gasteiger partial charge in [0.05, 0.1) is 17.7 Å². The molecule has 144 valence electrons. The summed E-state index contributed by atoms with van der Waals surface area (Å²) in [6.45, 7) is 3.90. The first-order valence-electron chi connectivity index (χ1n) is 8.32. The fourth-order valence-corrected chi connectivity index (χ4v) is 3.00. The predicted molar refractivity (Wildman–Crippen MR) is 109 cm³/mol. The summed E-state index contributed by atoms with van der Waals surface area (Å²) in [5.74, 6) is 0.571. The van der Waals surface area contributed by atoms with Crippen molar-refractivity contribution in [2.24, 2.45) is 0 Å². The minimum atomic E-state index is -0.537. The van der Waals surface area contributed by atoms with Crippen molar-refractivity contribution in [3.05, 3.63) is 69.0 Å². The molecule has 1 heterocycles. The second-order valence-corrected chi connectivity index (χ2v) is 6.58. The summed E-state index contributed by atoms with van der Waals surface area (Å²) in [5.41, 5.74) is 2.92. The summed E-state index contributed by atoms with van der Waals surface area (Å²) in [7, 11) is 1.50. The lowest BCUT2D eigenvalue weighted by Crippen LogP contribution is -2.06. The Morgan fingerprint density at radius 2 is 1.68 bits per heavy atom. The molecule has 0 aliphatic rings. The Bertz CT molecular complexity index is 1020. The van der Waals surface area contributed by atoms with Crippen molar-refractivity contribution in [3.63, 3.8) is 0 Å². The van der Waals surface area contributed by atoms with E-state index in [9.17, 15) is 10.1 Å². The van der Waals surface area contributed by atoms with Crippen LogP contribution in [0.5, 0.6) is 5.75 Å². The Kier molecular flexibility index (Phi) is 5.60. The first kappa shape index (κ1) is 19.4. The third-order valence-corrected chi connectivity index (χ3v) is 4.14. The topological polar surface area (TPSA) is 102 Å². The summed E-state index contributed by atoms with van der Waals surface area (Å²) in [6.07, 6.45) is 1.25. The van der Waals surface area contributed by atoms with Crippen molar-refractivity contribution in [1.29, 1.82) is 0 Å². The third-order valence-electron chi connectivity index (χ3n) is 3.90. The molecule has 0 saturated carbocycles. The lowest BCUT2D eigenvalue weighted by Gasteiger charge is -2.13. The van der Waals surface area contributed by atoms with Crippen LogP contribution in [-0.4, -0.2) is 22.0 Å². The van der Waals surface area contributed by atoms with Gasteiger partial charge in [-0.3, -0.25) is 10.1 Å². The molecule has 2 N–H and O–H groups in total. The van der Waals surface area contributed by atoms with Crippen molar-refractivity contribution in [2.45, 2.75) is 13.8 Å². The van der Waals surface area contributed by atoms with Crippen molar-refractivity contribution >= 4 is 40.3 Å². The van der Waals surface area contributed by atoms with Crippen LogP contribution in [0.2, 0.25) is 5.02 Å². The Hall–Kier alpha value is -3.39. The molecule has 1 aromatic heterocycles. The van der Waals surface area contributed by atoms with Gasteiger partial charge in [0.1, 0.15) is 12.1 Å². The quantitative estimate of drug-likeness (QED) is 0.436. The van der Waals surface area contributed by atoms with Crippen molar-refractivity contribution in [1.82, 2.24) is 9.97 Å². The number of nitrogens with zero attached hydrogens (tertiary/aromatic N) is 3. The molecule has 0 amide bonds. The first-order valence-corrected chi connectivity index (χ1v) is 8.70. The second-order valence-electron chi connectivity index (χ2n) is 6.15. The van der Waals surface area contributed by atoms with E-state index in [-0.39, 0.29) is 17.3 Å². The van der Waals surface area contributed by atoms with Gasteiger partial charge in [-0.2, -0.15) is 0 Å². The number of aromatic nitrogens is 2. The average Bonchev–Trinajstić information content (AvgIpc) is 2.61. The molecule has 0 spiro atoms. The third kappa shape index (κ3) is 4.29. The van der Waals surface area contributed by atoms with E-state index < -0.39 is 4.92 Å². The maximum atomic E-state index is 11.8. The Morgan fingerprint density at radius 3 is 2.29 bits per heavy atom. The number of hydrogen-bond donors (Lipinski definition) is 2. The molecule has 8 nitrogen and oxygen atoms in total. The van der Waals surface area contributed by atoms with Gasteiger partial charge in [0, 0.05) is 10.7 Å². The molecule has 28 heavy (non-hydrogen) atoms. The van der Waals surface area contributed by atoms with Gasteiger partial charge in [0.25, 0.3) is 0 Å². The zero-order valence-corrected chi connectivity index (χ0v) is 16.2. The minimum Gasteiger partial charge on any atom is -0.495 e. The first-order chi connectivity index (χ1) is 13.4. The van der Waals surface area contributed by atoms with E-state index in [0.717, 1.165) is 11.1 Å². The molecule has 3 rings (SSSR count). The number of halogens is 1. The summed E-state index contributed by atoms with van der Waals surface area (Å²) < 4.78 is 5.28. The maximum absolute atomic E-state index is 11.8. The molecule has 3 aromatic rings. The molecule has 0 aliphatic heterocycles. The molecular formula is C19H18ClN5O3. The highest BCUT2D eigenvalue weighted by Gasteiger charge is 2.24. The number of ether oxygens (including phenoxy) is 1. The van der Waals surface area contributed by atoms with Crippen LogP contribution in [0.15, 0.2) is 42.7 Å². The normalized spacial score (nSPS) is 10.4. The number of hydrogen-bond acceptors (Lipinski definition) is 7. The second kappa shape index (κ2) is 8.10. The SMILES string of the molecule is COc1ccc(Cl)cc1Nc1ncnc(Nc2cc(C)cc(C)c2)c1[N+](=O)[O-]. The molecular weight excluding hydrogens is 382 g/mol. The zero-order valence-electron chi connectivity index (χ0n) is 15.5. The monoisotopic (exact) mass is 399 g/mol. The average molecular weight is 400 g/mol. The molecule has 0 unspecified atom stereocenters. The molecule has 0 aliphatic carbocycles. The Labute approximate surface area is 166 Å². The molecule has 0 atom stereocenters. The van der Waals surface area contributed by atoms with Gasteiger partial charge in [0.2, 0.25) is 11.6 Å². The smallest absolute Gasteiger partial charge is 0.353 e. The van der Waals surface area contributed by atoms with Crippen LogP contribution in [0.1, 0.15) is 11.1 Å². The molecule has 0 bridgehead atoms. The lowest BCUT2D eigenvalue weighted by molar-refractivity contribution is -0.383. The number of aryl methyl sites for hydroxylation is 2. The van der Waals surface area contributed by atoms with Crippen molar-refractivity contribution in [2.75, 3.05) is 17.7 Å². The van der Waals surface area contributed by atoms with E-state index >= 15 is 0 Å². The summed E-state index contributed by atoms with van der Waals surface area (Å²) in [5, 5.41) is 18.2. The lowest BCUT2D eigenvalue weighted by atomic mass is 10.1. The summed E-state index contributed by atoms with van der Waals surface area (Å²) in [6, 6.07) is 10.7. The van der Waals surface area contributed by atoms with Gasteiger partial charge in [-0.05, 0) is 55.3 Å². The predicted octanol–water partition coefficient (Wildman–Crippen LogP) is 5.15. The van der Waals surface area contributed by atoms with Crippen LogP contribution < -0.4 is 15.4 Å². The van der Waals surface area contributed by atoms with Crippen LogP contribution in [0, 0.1) is 24.0 Å². The number of nitrogens with one attached hydrogen (secondary N) is 2. The van der Waals surface area contributed by atoms with Crippen LogP contribution in [-0.2, 0) is 0 Å². The molecule has 0 radical (unpaired) electrons. The van der Waals surface area contributed by atoms with E-state index in [2.05, 4.69) is 20.6 Å². The van der Waals surface area contributed by atoms with Gasteiger partial charge in [-0.15, -0.1) is 0 Å². The number of benzene rings is 2. The minimum absolute atomic E-state index is 0.0208. The van der Waals surface area contributed by atoms with Crippen LogP contribution in [0.25, 0.3) is 0 Å². The fourth-order valence-electron chi connectivity index (χ4n) is 2.82. The highest BCUT2D eigenvalue weighted by molar-refractivity contribution is 6.31. The van der Waals surface area contributed by atoms with Crippen LogP contribution in [0.4, 0.5) is 28.7 Å². The van der Waals surface area contributed by atoms with E-state index in [1.165, 1.54) is 13.4 Å². The largest absolute Gasteiger partial charge is 0.495 e. The van der Waals surface area contributed by atoms with Gasteiger partial charge >= 0.3 is 5.69 Å². The fraction of sp³-hybridized carbons (Fsp3) is 0.158. The maximum Gasteiger partial charge on any atom is 0.353 e. The van der Waals surface area contributed by atoms with E-state index in [1.807, 2.05) is 32.0 Å². The standard InChI is InChI=1S/C19H18ClN5O3/c1-11-6-12(2)8-14(7-11)23-18-17(25(26)27)19(22-10-21-18)24-15-9-13(20)4-5-16(15)28-3/h4-10H,1-3H3,(H2,21,22,23,24). The van der Waals surface area contributed by atoms with Crippen LogP contribution in [0.3, 0.4) is 0 Å². The van der Waals surface area contributed by atoms with Gasteiger partial charge in [0.15, 0.2) is 0 Å². The summed E-state index contributed by atoms with van der Waals surface area (Å²) >= 11 is 6.04. The number of methoxy groups -OCH3 is 1. The zero-order chi connectivity index (χ0) is 20.3. The van der Waals surface area contributed by atoms with Crippen molar-refractivity contribution < 1.29 is 9.66 Å². The van der Waals surface area contributed by atoms with Gasteiger partial charge in [-0.1, -0.05) is 17.7 Å². The van der Waals surface area contributed by atoms with Crippen molar-refractivity contribution in [3.8, 4) is 5.75 Å². The number of anilines is 4. The Morgan fingerprint density at radius 1 is 1.04 bits per heavy atom. The molecule has 0 fully saturated rings. The van der Waals surface area contributed by atoms with E-state index in [4.69, 9.17) is 16.3 Å². The number of nitro groups is 1. The number of rotatable bonds is 6. The molecule has 9 heteroatoms. The summed E-state index contributed by atoms with van der Waals surface area (Å²) in [4.78, 5) is 19.3. The highest BCUT2D eigenvalue weighted by Crippen LogP contribution is 2.36.